The van der Waals surface area contributed by atoms with Crippen molar-refractivity contribution in [2.45, 2.75) is 6.54 Å². The normalized spacial score (nSPS) is 10.8. The number of nitrogens with zero attached hydrogens (tertiary/aromatic N) is 2. The van der Waals surface area contributed by atoms with Crippen LogP contribution in [0.1, 0.15) is 15.9 Å². The largest absolute Gasteiger partial charge is 0.342 e. The summed E-state index contributed by atoms with van der Waals surface area (Å²) >= 11 is 0. The lowest BCUT2D eigenvalue weighted by Gasteiger charge is -2.14. The first-order valence-electron chi connectivity index (χ1n) is 8.80. The molecule has 0 saturated heterocycles. The first kappa shape index (κ1) is 18.5. The van der Waals surface area contributed by atoms with Gasteiger partial charge in [-0.3, -0.25) is 14.6 Å². The van der Waals surface area contributed by atoms with E-state index in [4.69, 9.17) is 0 Å². The van der Waals surface area contributed by atoms with Crippen LogP contribution in [0.4, 0.5) is 14.5 Å². The number of hydrogen-bond donors (Lipinski definition) is 1. The molecule has 0 saturated carbocycles. The van der Waals surface area contributed by atoms with Crippen LogP contribution in [0.25, 0.3) is 10.9 Å². The molecule has 1 N–H and O–H groups in total. The van der Waals surface area contributed by atoms with Gasteiger partial charge in [0, 0.05) is 24.3 Å². The molecule has 0 aliphatic rings. The van der Waals surface area contributed by atoms with Gasteiger partial charge in [-0.15, -0.1) is 0 Å². The standard InChI is InChI=1S/C22H15F2N3O2/c23-15-5-3-14(4-6-15)12-27-13-19(22(29)26-17-2-1-9-25-11-17)21(28)18-10-16(24)7-8-20(18)27/h1-11,13H,12H2,(H,26,29). The number of nitrogens with one attached hydrogen (secondary N) is 1. The summed E-state index contributed by atoms with van der Waals surface area (Å²) in [4.78, 5) is 29.5. The van der Waals surface area contributed by atoms with Gasteiger partial charge in [0.05, 0.1) is 17.4 Å². The minimum Gasteiger partial charge on any atom is -0.342 e. The number of halogens is 2. The molecule has 0 aliphatic heterocycles. The van der Waals surface area contributed by atoms with Crippen molar-refractivity contribution in [1.82, 2.24) is 9.55 Å². The molecule has 0 fully saturated rings. The Morgan fingerprint density at radius 2 is 1.79 bits per heavy atom. The van der Waals surface area contributed by atoms with Crippen LogP contribution in [0.5, 0.6) is 0 Å². The van der Waals surface area contributed by atoms with E-state index in [1.54, 1.807) is 35.0 Å². The van der Waals surface area contributed by atoms with E-state index in [2.05, 4.69) is 10.3 Å². The summed E-state index contributed by atoms with van der Waals surface area (Å²) in [6.45, 7) is 0.274. The minimum atomic E-state index is -0.623. The van der Waals surface area contributed by atoms with Crippen molar-refractivity contribution in [3.05, 3.63) is 106 Å². The van der Waals surface area contributed by atoms with Crippen LogP contribution in [-0.4, -0.2) is 15.5 Å². The average Bonchev–Trinajstić information content (AvgIpc) is 2.72. The number of amides is 1. The van der Waals surface area contributed by atoms with E-state index in [1.807, 2.05) is 0 Å². The lowest BCUT2D eigenvalue weighted by Crippen LogP contribution is -2.24. The summed E-state index contributed by atoms with van der Waals surface area (Å²) in [6, 6.07) is 13.0. The number of benzene rings is 2. The maximum atomic E-state index is 13.8. The lowest BCUT2D eigenvalue weighted by molar-refractivity contribution is 0.102. The van der Waals surface area contributed by atoms with Crippen molar-refractivity contribution in [2.75, 3.05) is 5.32 Å². The number of hydrogen-bond acceptors (Lipinski definition) is 3. The molecule has 4 aromatic rings. The number of rotatable bonds is 4. The fraction of sp³-hybridized carbons (Fsp3) is 0.0455. The molecule has 0 atom stereocenters. The predicted octanol–water partition coefficient (Wildman–Crippen LogP) is 3.98. The SMILES string of the molecule is O=C(Nc1cccnc1)c1cn(Cc2ccc(F)cc2)c2ccc(F)cc2c1=O. The third-order valence-electron chi connectivity index (χ3n) is 4.47. The number of aromatic nitrogens is 2. The van der Waals surface area contributed by atoms with Gasteiger partial charge in [-0.1, -0.05) is 12.1 Å². The Labute approximate surface area is 164 Å². The number of fused-ring (bicyclic) bond motifs is 1. The molecule has 1 amide bonds. The van der Waals surface area contributed by atoms with Crippen LogP contribution in [-0.2, 0) is 6.54 Å². The Hall–Kier alpha value is -3.87. The molecule has 4 rings (SSSR count). The van der Waals surface area contributed by atoms with Gasteiger partial charge in [0.15, 0.2) is 0 Å². The fourth-order valence-corrected chi connectivity index (χ4v) is 3.08. The zero-order valence-electron chi connectivity index (χ0n) is 15.1. The maximum Gasteiger partial charge on any atom is 0.261 e. The third-order valence-corrected chi connectivity index (χ3v) is 4.47. The second-order valence-corrected chi connectivity index (χ2v) is 6.48. The quantitative estimate of drug-likeness (QED) is 0.572. The van der Waals surface area contributed by atoms with Gasteiger partial charge in [0.1, 0.15) is 17.2 Å². The molecule has 144 valence electrons. The van der Waals surface area contributed by atoms with Crippen LogP contribution < -0.4 is 10.7 Å². The summed E-state index contributed by atoms with van der Waals surface area (Å²) in [6.07, 6.45) is 4.44. The molecular weight excluding hydrogens is 376 g/mol. The number of carbonyl (C=O) groups is 1. The summed E-state index contributed by atoms with van der Waals surface area (Å²) in [7, 11) is 0. The van der Waals surface area contributed by atoms with Crippen LogP contribution >= 0.6 is 0 Å². The first-order chi connectivity index (χ1) is 14.0. The van der Waals surface area contributed by atoms with Crippen LogP contribution in [0.3, 0.4) is 0 Å². The van der Waals surface area contributed by atoms with Gasteiger partial charge >= 0.3 is 0 Å². The van der Waals surface area contributed by atoms with E-state index in [0.29, 0.717) is 11.2 Å². The van der Waals surface area contributed by atoms with Crippen LogP contribution in [0, 0.1) is 11.6 Å². The predicted molar refractivity (Wildman–Crippen MR) is 106 cm³/mol. The Morgan fingerprint density at radius 1 is 1.03 bits per heavy atom. The van der Waals surface area contributed by atoms with Crippen LogP contribution in [0.15, 0.2) is 78.0 Å². The molecule has 0 radical (unpaired) electrons. The highest BCUT2D eigenvalue weighted by Crippen LogP contribution is 2.17. The maximum absolute atomic E-state index is 13.8. The molecule has 0 unspecified atom stereocenters. The van der Waals surface area contributed by atoms with Crippen molar-refractivity contribution < 1.29 is 13.6 Å². The van der Waals surface area contributed by atoms with Gasteiger partial charge in [-0.05, 0) is 48.0 Å². The van der Waals surface area contributed by atoms with Crippen molar-refractivity contribution in [2.24, 2.45) is 0 Å². The molecule has 2 aromatic carbocycles. The van der Waals surface area contributed by atoms with Gasteiger partial charge < -0.3 is 9.88 Å². The number of anilines is 1. The van der Waals surface area contributed by atoms with Crippen LogP contribution in [0.2, 0.25) is 0 Å². The molecule has 29 heavy (non-hydrogen) atoms. The molecule has 0 spiro atoms. The molecular formula is C22H15F2N3O2. The zero-order valence-corrected chi connectivity index (χ0v) is 15.1. The highest BCUT2D eigenvalue weighted by atomic mass is 19.1. The van der Waals surface area contributed by atoms with Crippen molar-refractivity contribution in [1.29, 1.82) is 0 Å². The third kappa shape index (κ3) is 3.89. The molecule has 2 heterocycles. The summed E-state index contributed by atoms with van der Waals surface area (Å²) in [5.41, 5.74) is 0.963. The van der Waals surface area contributed by atoms with Crippen molar-refractivity contribution in [3.8, 4) is 0 Å². The second kappa shape index (κ2) is 7.63. The van der Waals surface area contributed by atoms with Gasteiger partial charge in [0.25, 0.3) is 5.91 Å². The highest BCUT2D eigenvalue weighted by Gasteiger charge is 2.16. The Balaban J connectivity index is 1.81. The summed E-state index contributed by atoms with van der Waals surface area (Å²) in [5, 5.41) is 2.71. The fourth-order valence-electron chi connectivity index (χ4n) is 3.08. The van der Waals surface area contributed by atoms with E-state index in [1.165, 1.54) is 36.7 Å². The summed E-state index contributed by atoms with van der Waals surface area (Å²) in [5.74, 6) is -1.56. The minimum absolute atomic E-state index is 0.0888. The topological polar surface area (TPSA) is 64.0 Å². The van der Waals surface area contributed by atoms with Gasteiger partial charge in [-0.2, -0.15) is 0 Å². The van der Waals surface area contributed by atoms with Crippen molar-refractivity contribution in [3.63, 3.8) is 0 Å². The molecule has 0 bridgehead atoms. The van der Waals surface area contributed by atoms with E-state index >= 15 is 0 Å². The molecule has 0 aliphatic carbocycles. The monoisotopic (exact) mass is 391 g/mol. The average molecular weight is 391 g/mol. The summed E-state index contributed by atoms with van der Waals surface area (Å²) < 4.78 is 28.7. The van der Waals surface area contributed by atoms with E-state index in [-0.39, 0.29) is 23.3 Å². The molecule has 5 nitrogen and oxygen atoms in total. The van der Waals surface area contributed by atoms with E-state index in [0.717, 1.165) is 11.6 Å². The lowest BCUT2D eigenvalue weighted by atomic mass is 10.1. The first-order valence-corrected chi connectivity index (χ1v) is 8.80. The van der Waals surface area contributed by atoms with E-state index in [9.17, 15) is 18.4 Å². The van der Waals surface area contributed by atoms with E-state index < -0.39 is 17.2 Å². The molecule has 2 aromatic heterocycles. The smallest absolute Gasteiger partial charge is 0.261 e. The Morgan fingerprint density at radius 3 is 2.52 bits per heavy atom. The number of carbonyl (C=O) groups excluding carboxylic acids is 1. The number of pyridine rings is 2. The Kier molecular flexibility index (Phi) is 4.87. The highest BCUT2D eigenvalue weighted by molar-refractivity contribution is 6.05. The van der Waals surface area contributed by atoms with Gasteiger partial charge in [0.2, 0.25) is 5.43 Å². The van der Waals surface area contributed by atoms with Crippen molar-refractivity contribution >= 4 is 22.5 Å². The molecule has 7 heteroatoms. The Bertz CT molecular complexity index is 1250. The van der Waals surface area contributed by atoms with Gasteiger partial charge in [-0.25, -0.2) is 8.78 Å². The second-order valence-electron chi connectivity index (χ2n) is 6.48. The zero-order chi connectivity index (χ0) is 20.4.